The molecule has 0 saturated heterocycles. The van der Waals surface area contributed by atoms with Crippen LogP contribution >= 0.6 is 11.6 Å². The number of ether oxygens (including phenoxy) is 1. The van der Waals surface area contributed by atoms with Gasteiger partial charge in [0.15, 0.2) is 6.10 Å². The van der Waals surface area contributed by atoms with E-state index in [0.717, 1.165) is 32.4 Å². The van der Waals surface area contributed by atoms with E-state index in [1.165, 1.54) is 11.3 Å². The van der Waals surface area contributed by atoms with Gasteiger partial charge in [-0.25, -0.2) is 4.79 Å². The summed E-state index contributed by atoms with van der Waals surface area (Å²) in [5, 5.41) is 3.27. The first-order valence-electron chi connectivity index (χ1n) is 8.22. The Morgan fingerprint density at radius 1 is 1.26 bits per heavy atom. The molecule has 4 nitrogen and oxygen atoms in total. The first-order valence-corrected chi connectivity index (χ1v) is 8.60. The number of amides is 1. The Hall–Kier alpha value is -0.970. The minimum absolute atomic E-state index is 0. The second-order valence-electron chi connectivity index (χ2n) is 5.80. The second-order valence-corrected chi connectivity index (χ2v) is 6.21. The van der Waals surface area contributed by atoms with Crippen molar-refractivity contribution in [1.29, 1.82) is 0 Å². The van der Waals surface area contributed by atoms with Gasteiger partial charge in [0, 0.05) is 6.42 Å². The van der Waals surface area contributed by atoms with Gasteiger partial charge in [-0.15, -0.1) is 0 Å². The number of hydrogen-bond donors (Lipinski definition) is 2. The van der Waals surface area contributed by atoms with E-state index >= 15 is 0 Å². The molecular formula is C17H26Cl2N2O2. The molecule has 0 bridgehead atoms. The smallest absolute Gasteiger partial charge is 0.412 e. The summed E-state index contributed by atoms with van der Waals surface area (Å²) in [5.74, 6) is 0. The van der Waals surface area contributed by atoms with Gasteiger partial charge in [-0.3, -0.25) is 5.32 Å². The van der Waals surface area contributed by atoms with E-state index in [9.17, 15) is 4.79 Å². The highest BCUT2D eigenvalue weighted by molar-refractivity contribution is 6.33. The molecule has 2 unspecified atom stereocenters. The van der Waals surface area contributed by atoms with Crippen molar-refractivity contribution < 1.29 is 26.8 Å². The van der Waals surface area contributed by atoms with Crippen LogP contribution in [0.5, 0.6) is 0 Å². The van der Waals surface area contributed by atoms with E-state index in [0.29, 0.717) is 16.8 Å². The molecule has 2 rings (SSSR count). The Bertz CT molecular complexity index is 495. The van der Waals surface area contributed by atoms with Crippen LogP contribution in [0.3, 0.4) is 0 Å². The Kier molecular flexibility index (Phi) is 8.74. The number of likely N-dealkylation sites (N-methyl/N-ethyl adjacent to an activating group) is 1. The second kappa shape index (κ2) is 10.0. The molecule has 0 heterocycles. The van der Waals surface area contributed by atoms with Crippen molar-refractivity contribution in [2.75, 3.05) is 18.4 Å². The fraction of sp³-hybridized carbons (Fsp3) is 0.588. The topological polar surface area (TPSA) is 42.8 Å². The molecule has 1 fully saturated rings. The number of halogens is 2. The monoisotopic (exact) mass is 360 g/mol. The van der Waals surface area contributed by atoms with Crippen LogP contribution in [-0.2, 0) is 4.74 Å². The number of rotatable bonds is 5. The van der Waals surface area contributed by atoms with Crippen LogP contribution in [0.4, 0.5) is 10.5 Å². The zero-order valence-corrected chi connectivity index (χ0v) is 15.3. The van der Waals surface area contributed by atoms with Gasteiger partial charge in [-0.1, -0.05) is 23.7 Å². The summed E-state index contributed by atoms with van der Waals surface area (Å²) in [6.45, 7) is 6.50. The summed E-state index contributed by atoms with van der Waals surface area (Å²) in [7, 11) is 0. The van der Waals surface area contributed by atoms with Crippen molar-refractivity contribution in [3.63, 3.8) is 0 Å². The van der Waals surface area contributed by atoms with Crippen LogP contribution in [-0.4, -0.2) is 31.3 Å². The van der Waals surface area contributed by atoms with E-state index in [-0.39, 0.29) is 18.5 Å². The Morgan fingerprint density at radius 3 is 2.57 bits per heavy atom. The van der Waals surface area contributed by atoms with Crippen molar-refractivity contribution in [1.82, 2.24) is 0 Å². The summed E-state index contributed by atoms with van der Waals surface area (Å²) in [6, 6.07) is 7.60. The van der Waals surface area contributed by atoms with Gasteiger partial charge in [0.1, 0.15) is 6.04 Å². The number of anilines is 1. The highest BCUT2D eigenvalue weighted by Crippen LogP contribution is 2.23. The molecule has 130 valence electrons. The number of nitrogens with one attached hydrogen (secondary N) is 2. The highest BCUT2D eigenvalue weighted by atomic mass is 35.5. The molecule has 2 N–H and O–H groups in total. The third-order valence-electron chi connectivity index (χ3n) is 4.50. The maximum Gasteiger partial charge on any atom is 0.412 e. The predicted molar refractivity (Wildman–Crippen MR) is 89.6 cm³/mol. The molecule has 1 aromatic rings. The number of carbonyl (C=O) groups is 1. The molecular weight excluding hydrogens is 335 g/mol. The average Bonchev–Trinajstić information content (AvgIpc) is 2.52. The lowest BCUT2D eigenvalue weighted by atomic mass is 9.91. The lowest BCUT2D eigenvalue weighted by molar-refractivity contribution is -0.926. The molecule has 1 saturated carbocycles. The molecule has 1 aliphatic carbocycles. The molecule has 1 aromatic carbocycles. The van der Waals surface area contributed by atoms with Crippen LogP contribution in [0.15, 0.2) is 24.3 Å². The van der Waals surface area contributed by atoms with Gasteiger partial charge >= 0.3 is 6.09 Å². The number of benzene rings is 1. The summed E-state index contributed by atoms with van der Waals surface area (Å²) >= 11 is 6.06. The van der Waals surface area contributed by atoms with E-state index in [1.54, 1.807) is 12.1 Å². The normalized spacial score (nSPS) is 20.7. The Labute approximate surface area is 149 Å². The average molecular weight is 361 g/mol. The van der Waals surface area contributed by atoms with Crippen molar-refractivity contribution in [3.05, 3.63) is 29.3 Å². The minimum Gasteiger partial charge on any atom is -1.00 e. The molecule has 0 aromatic heterocycles. The van der Waals surface area contributed by atoms with Gasteiger partial charge in [0.05, 0.1) is 23.8 Å². The molecule has 1 amide bonds. The first-order chi connectivity index (χ1) is 10.7. The van der Waals surface area contributed by atoms with E-state index in [1.807, 2.05) is 12.1 Å². The van der Waals surface area contributed by atoms with Gasteiger partial charge < -0.3 is 22.0 Å². The van der Waals surface area contributed by atoms with Crippen LogP contribution in [0.1, 0.15) is 39.5 Å². The van der Waals surface area contributed by atoms with Crippen molar-refractivity contribution in [3.8, 4) is 0 Å². The number of carbonyl (C=O) groups excluding carboxylic acids is 1. The number of hydrogen-bond acceptors (Lipinski definition) is 2. The summed E-state index contributed by atoms with van der Waals surface area (Å²) in [5.41, 5.74) is 0.594. The van der Waals surface area contributed by atoms with Crippen LogP contribution in [0, 0.1) is 0 Å². The van der Waals surface area contributed by atoms with Crippen molar-refractivity contribution in [2.24, 2.45) is 0 Å². The Morgan fingerprint density at radius 2 is 1.91 bits per heavy atom. The molecule has 0 spiro atoms. The zero-order valence-electron chi connectivity index (χ0n) is 13.8. The standard InChI is InChI=1S/C17H25ClN2O2.ClH/c1-3-20(4-2)15-11-7-8-12-16(15)22-17(21)19-14-10-6-5-9-13(14)18;/h5-6,9-10,15-16H,3-4,7-8,11-12H2,1-2H3,(H,19,21);1H. The molecule has 6 heteroatoms. The maximum absolute atomic E-state index is 12.2. The third-order valence-corrected chi connectivity index (χ3v) is 4.83. The van der Waals surface area contributed by atoms with Gasteiger partial charge in [0.2, 0.25) is 0 Å². The third kappa shape index (κ3) is 5.55. The number of para-hydroxylation sites is 1. The van der Waals surface area contributed by atoms with Crippen molar-refractivity contribution >= 4 is 23.4 Å². The van der Waals surface area contributed by atoms with Crippen LogP contribution < -0.4 is 22.6 Å². The summed E-state index contributed by atoms with van der Waals surface area (Å²) in [6.07, 6.45) is 4.01. The molecule has 0 aliphatic heterocycles. The van der Waals surface area contributed by atoms with Crippen LogP contribution in [0.2, 0.25) is 5.02 Å². The van der Waals surface area contributed by atoms with E-state index < -0.39 is 6.09 Å². The zero-order chi connectivity index (χ0) is 15.9. The van der Waals surface area contributed by atoms with Crippen LogP contribution in [0.25, 0.3) is 0 Å². The maximum atomic E-state index is 12.2. The molecule has 0 radical (unpaired) electrons. The van der Waals surface area contributed by atoms with Gasteiger partial charge in [-0.2, -0.15) is 0 Å². The lowest BCUT2D eigenvalue weighted by Gasteiger charge is -2.35. The quantitative estimate of drug-likeness (QED) is 0.783. The Balaban J connectivity index is 0.00000264. The van der Waals surface area contributed by atoms with Crippen molar-refractivity contribution in [2.45, 2.75) is 51.7 Å². The number of quaternary nitrogens is 1. The largest absolute Gasteiger partial charge is 1.00 e. The van der Waals surface area contributed by atoms with E-state index in [4.69, 9.17) is 16.3 Å². The van der Waals surface area contributed by atoms with E-state index in [2.05, 4.69) is 19.2 Å². The lowest BCUT2D eigenvalue weighted by Crippen LogP contribution is -3.16. The SMILES string of the molecule is CC[NH+](CC)C1CCCCC1OC(=O)Nc1ccccc1Cl.[Cl-]. The fourth-order valence-electron chi connectivity index (χ4n) is 3.32. The molecule has 1 aliphatic rings. The highest BCUT2D eigenvalue weighted by Gasteiger charge is 2.34. The summed E-state index contributed by atoms with van der Waals surface area (Å²) in [4.78, 5) is 13.7. The van der Waals surface area contributed by atoms with Gasteiger partial charge in [0.25, 0.3) is 0 Å². The molecule has 23 heavy (non-hydrogen) atoms. The fourth-order valence-corrected chi connectivity index (χ4v) is 3.50. The summed E-state index contributed by atoms with van der Waals surface area (Å²) < 4.78 is 5.72. The van der Waals surface area contributed by atoms with Gasteiger partial charge in [-0.05, 0) is 45.2 Å². The minimum atomic E-state index is -0.406. The molecule has 2 atom stereocenters. The predicted octanol–water partition coefficient (Wildman–Crippen LogP) is 0.128. The first kappa shape index (κ1) is 20.1.